The molecule has 4 aromatic rings. The number of carbonyl (C=O) groups is 2. The first kappa shape index (κ1) is 28.0. The summed E-state index contributed by atoms with van der Waals surface area (Å²) in [5, 5.41) is 7.46. The number of anilines is 1. The normalized spacial score (nSPS) is 17.7. The number of hydrogen-bond donors (Lipinski definition) is 2. The van der Waals surface area contributed by atoms with Gasteiger partial charge in [0, 0.05) is 29.6 Å². The summed E-state index contributed by atoms with van der Waals surface area (Å²) in [6.07, 6.45) is -4.65. The number of carbonyl (C=O) groups excluding carboxylic acids is 2. The highest BCUT2D eigenvalue weighted by Crippen LogP contribution is 2.45. The average Bonchev–Trinajstić information content (AvgIpc) is 3.34. The van der Waals surface area contributed by atoms with E-state index in [1.165, 1.54) is 35.2 Å². The highest BCUT2D eigenvalue weighted by atomic mass is 19.4. The van der Waals surface area contributed by atoms with E-state index in [9.17, 15) is 27.2 Å². The van der Waals surface area contributed by atoms with Crippen LogP contribution in [0.2, 0.25) is 0 Å². The fourth-order valence-corrected chi connectivity index (χ4v) is 5.20. The molecule has 3 atom stereocenters. The van der Waals surface area contributed by atoms with Gasteiger partial charge in [0.2, 0.25) is 0 Å². The number of halogens is 4. The summed E-state index contributed by atoms with van der Waals surface area (Å²) in [5.41, 5.74) is 7.32. The van der Waals surface area contributed by atoms with Crippen molar-refractivity contribution < 1.29 is 27.2 Å². The van der Waals surface area contributed by atoms with Gasteiger partial charge >= 0.3 is 6.18 Å². The van der Waals surface area contributed by atoms with E-state index in [4.69, 9.17) is 10.8 Å². The maximum Gasteiger partial charge on any atom is 0.416 e. The molecule has 2 unspecified atom stereocenters. The third-order valence-electron chi connectivity index (χ3n) is 7.07. The number of nitrogens with two attached hydrogens (primary N) is 1. The van der Waals surface area contributed by atoms with Crippen molar-refractivity contribution in [3.8, 4) is 5.69 Å². The van der Waals surface area contributed by atoms with Crippen molar-refractivity contribution in [1.29, 1.82) is 0 Å². The number of fused-ring (bicyclic) bond motifs is 1. The molecule has 0 spiro atoms. The summed E-state index contributed by atoms with van der Waals surface area (Å²) in [6.45, 7) is 3.71. The lowest BCUT2D eigenvalue weighted by Gasteiger charge is -2.38. The van der Waals surface area contributed by atoms with Gasteiger partial charge in [-0.25, -0.2) is 9.07 Å². The van der Waals surface area contributed by atoms with Gasteiger partial charge in [0.05, 0.1) is 16.9 Å². The number of rotatable bonds is 6. The number of aromatic nitrogens is 2. The van der Waals surface area contributed by atoms with Gasteiger partial charge in [-0.3, -0.25) is 14.5 Å². The SMILES string of the molecule is CCN1C(=O)C(NC(=O)c2cccc(C(F)(F)F)c2)[C@@H](c2ccc(F)cc2)c2c(C(C)N)nn(-c3ccccc3)c21. The van der Waals surface area contributed by atoms with E-state index >= 15 is 0 Å². The van der Waals surface area contributed by atoms with Crippen molar-refractivity contribution in [3.63, 3.8) is 0 Å². The molecule has 0 saturated carbocycles. The third-order valence-corrected chi connectivity index (χ3v) is 7.07. The quantitative estimate of drug-likeness (QED) is 0.309. The zero-order chi connectivity index (χ0) is 29.5. The van der Waals surface area contributed by atoms with Crippen LogP contribution in [0.4, 0.5) is 23.4 Å². The van der Waals surface area contributed by atoms with Gasteiger partial charge in [-0.15, -0.1) is 0 Å². The van der Waals surface area contributed by atoms with E-state index in [1.807, 2.05) is 30.3 Å². The van der Waals surface area contributed by atoms with Crippen molar-refractivity contribution in [3.05, 3.63) is 113 Å². The first-order valence-corrected chi connectivity index (χ1v) is 13.0. The number of nitrogens with one attached hydrogen (secondary N) is 1. The Morgan fingerprint density at radius 3 is 2.34 bits per heavy atom. The number of alkyl halides is 3. The van der Waals surface area contributed by atoms with E-state index < -0.39 is 47.4 Å². The molecular formula is C30H27F4N5O2. The summed E-state index contributed by atoms with van der Waals surface area (Å²) in [7, 11) is 0. The Bertz CT molecular complexity index is 1580. The van der Waals surface area contributed by atoms with Crippen LogP contribution in [0.15, 0.2) is 78.9 Å². The van der Waals surface area contributed by atoms with E-state index in [0.717, 1.165) is 18.2 Å². The zero-order valence-electron chi connectivity index (χ0n) is 22.2. The molecule has 0 bridgehead atoms. The number of hydrogen-bond acceptors (Lipinski definition) is 4. The predicted octanol–water partition coefficient (Wildman–Crippen LogP) is 5.35. The van der Waals surface area contributed by atoms with Crippen molar-refractivity contribution in [2.45, 2.75) is 38.0 Å². The molecule has 0 saturated heterocycles. The number of benzene rings is 3. The molecule has 2 heterocycles. The standard InChI is InChI=1S/C30H27F4N5O2/c1-3-38-28-24(25(17(2)35)37-39(28)22-10-5-4-6-11-22)23(18-12-14-21(31)15-13-18)26(29(38)41)36-27(40)19-8-7-9-20(16-19)30(32,33)34/h4-17,23,26H,3,35H2,1-2H3,(H,36,40)/t17?,23-,26?/m0/s1. The van der Waals surface area contributed by atoms with E-state index in [0.29, 0.717) is 28.3 Å². The Morgan fingerprint density at radius 1 is 1.05 bits per heavy atom. The highest BCUT2D eigenvalue weighted by molar-refractivity contribution is 6.05. The van der Waals surface area contributed by atoms with Crippen LogP contribution >= 0.6 is 0 Å². The third kappa shape index (κ3) is 5.20. The Labute approximate surface area is 233 Å². The fraction of sp³-hybridized carbons (Fsp3) is 0.233. The van der Waals surface area contributed by atoms with Crippen molar-refractivity contribution >= 4 is 17.6 Å². The number of para-hydroxylation sites is 1. The number of nitrogens with zero attached hydrogens (tertiary/aromatic N) is 3. The minimum atomic E-state index is -4.65. The molecule has 0 aliphatic carbocycles. The van der Waals surface area contributed by atoms with Crippen LogP contribution in [-0.4, -0.2) is 34.2 Å². The molecule has 3 aromatic carbocycles. The molecule has 0 radical (unpaired) electrons. The maximum atomic E-state index is 14.1. The Hall–Kier alpha value is -4.51. The van der Waals surface area contributed by atoms with Crippen LogP contribution in [-0.2, 0) is 11.0 Å². The van der Waals surface area contributed by atoms with E-state index in [-0.39, 0.29) is 12.1 Å². The van der Waals surface area contributed by atoms with Gasteiger partial charge in [0.15, 0.2) is 0 Å². The van der Waals surface area contributed by atoms with Crippen LogP contribution in [0.3, 0.4) is 0 Å². The number of amides is 2. The molecule has 11 heteroatoms. The van der Waals surface area contributed by atoms with Crippen LogP contribution in [0, 0.1) is 5.82 Å². The summed E-state index contributed by atoms with van der Waals surface area (Å²) >= 11 is 0. The second-order valence-electron chi connectivity index (χ2n) is 9.80. The summed E-state index contributed by atoms with van der Waals surface area (Å²) in [4.78, 5) is 28.9. The molecule has 5 rings (SSSR count). The molecule has 1 aromatic heterocycles. The Kier molecular flexibility index (Phi) is 7.39. The second kappa shape index (κ2) is 10.8. The van der Waals surface area contributed by atoms with Gasteiger partial charge in [-0.2, -0.15) is 18.3 Å². The summed E-state index contributed by atoms with van der Waals surface area (Å²) in [6, 6.07) is 16.8. The largest absolute Gasteiger partial charge is 0.416 e. The van der Waals surface area contributed by atoms with Gasteiger partial charge < -0.3 is 11.1 Å². The topological polar surface area (TPSA) is 93.2 Å². The lowest BCUT2D eigenvalue weighted by atomic mass is 9.80. The average molecular weight is 566 g/mol. The predicted molar refractivity (Wildman–Crippen MR) is 145 cm³/mol. The first-order chi connectivity index (χ1) is 19.5. The monoisotopic (exact) mass is 565 g/mol. The Morgan fingerprint density at radius 2 is 1.73 bits per heavy atom. The minimum Gasteiger partial charge on any atom is -0.339 e. The van der Waals surface area contributed by atoms with Gasteiger partial charge in [0.1, 0.15) is 17.7 Å². The molecule has 212 valence electrons. The lowest BCUT2D eigenvalue weighted by Crippen LogP contribution is -2.55. The maximum absolute atomic E-state index is 14.1. The van der Waals surface area contributed by atoms with Gasteiger partial charge in [-0.05, 0) is 61.9 Å². The number of likely N-dealkylation sites (N-methyl/N-ethyl adjacent to an activating group) is 1. The highest BCUT2D eigenvalue weighted by Gasteiger charge is 2.46. The second-order valence-corrected chi connectivity index (χ2v) is 9.80. The molecule has 3 N–H and O–H groups in total. The molecule has 1 aliphatic rings. The molecule has 2 amide bonds. The minimum absolute atomic E-state index is 0.203. The molecule has 7 nitrogen and oxygen atoms in total. The smallest absolute Gasteiger partial charge is 0.339 e. The zero-order valence-corrected chi connectivity index (χ0v) is 22.2. The summed E-state index contributed by atoms with van der Waals surface area (Å²) < 4.78 is 55.6. The molecule has 0 fully saturated rings. The van der Waals surface area contributed by atoms with E-state index in [1.54, 1.807) is 18.5 Å². The fourth-order valence-electron chi connectivity index (χ4n) is 5.20. The van der Waals surface area contributed by atoms with Crippen molar-refractivity contribution in [2.24, 2.45) is 5.73 Å². The van der Waals surface area contributed by atoms with Crippen LogP contribution in [0.5, 0.6) is 0 Å². The van der Waals surface area contributed by atoms with Crippen LogP contribution in [0.25, 0.3) is 5.69 Å². The van der Waals surface area contributed by atoms with Crippen LogP contribution in [0.1, 0.15) is 58.5 Å². The van der Waals surface area contributed by atoms with E-state index in [2.05, 4.69) is 5.32 Å². The first-order valence-electron chi connectivity index (χ1n) is 13.0. The lowest BCUT2D eigenvalue weighted by molar-refractivity contribution is -0.137. The van der Waals surface area contributed by atoms with Gasteiger partial charge in [0.25, 0.3) is 11.8 Å². The Balaban J connectivity index is 1.70. The molecular weight excluding hydrogens is 538 g/mol. The molecule has 1 aliphatic heterocycles. The van der Waals surface area contributed by atoms with Crippen molar-refractivity contribution in [2.75, 3.05) is 11.4 Å². The van der Waals surface area contributed by atoms with Crippen molar-refractivity contribution in [1.82, 2.24) is 15.1 Å². The van der Waals surface area contributed by atoms with Gasteiger partial charge in [-0.1, -0.05) is 36.4 Å². The molecule has 41 heavy (non-hydrogen) atoms. The summed E-state index contributed by atoms with van der Waals surface area (Å²) in [5.74, 6) is -2.27. The van der Waals surface area contributed by atoms with Crippen LogP contribution < -0.4 is 16.0 Å².